The minimum Gasteiger partial charge on any atom is -0.494 e. The average molecular weight is 451 g/mol. The van der Waals surface area contributed by atoms with Crippen molar-refractivity contribution in [2.45, 2.75) is 50.7 Å². The summed E-state index contributed by atoms with van der Waals surface area (Å²) in [6.45, 7) is 3.13. The van der Waals surface area contributed by atoms with Crippen LogP contribution in [0.5, 0.6) is 5.75 Å². The van der Waals surface area contributed by atoms with Crippen LogP contribution < -0.4 is 10.1 Å². The molecule has 2 aromatic rings. The van der Waals surface area contributed by atoms with Crippen molar-refractivity contribution in [2.24, 2.45) is 11.3 Å². The molecule has 0 radical (unpaired) electrons. The highest BCUT2D eigenvalue weighted by molar-refractivity contribution is 5.70. The number of carbonyl (C=O) groups is 1. The van der Waals surface area contributed by atoms with E-state index in [9.17, 15) is 9.18 Å². The van der Waals surface area contributed by atoms with Crippen molar-refractivity contribution in [3.05, 3.63) is 53.3 Å². The van der Waals surface area contributed by atoms with Crippen molar-refractivity contribution in [1.82, 2.24) is 10.2 Å². The molecule has 3 saturated heterocycles. The number of halogens is 1. The van der Waals surface area contributed by atoms with Gasteiger partial charge >= 0.3 is 6.09 Å². The lowest BCUT2D eigenvalue weighted by molar-refractivity contribution is -0.0347. The van der Waals surface area contributed by atoms with Crippen LogP contribution in [0.4, 0.5) is 9.18 Å². The zero-order valence-corrected chi connectivity index (χ0v) is 19.1. The number of hydrogen-bond donors (Lipinski definition) is 1. The summed E-state index contributed by atoms with van der Waals surface area (Å²) in [4.78, 5) is 15.4. The van der Waals surface area contributed by atoms with Crippen LogP contribution in [0.3, 0.4) is 0 Å². The molecule has 1 N–H and O–H groups in total. The van der Waals surface area contributed by atoms with Gasteiger partial charge in [-0.3, -0.25) is 4.90 Å². The minimum absolute atomic E-state index is 0.0121. The maximum absolute atomic E-state index is 14.2. The molecule has 2 atom stereocenters. The van der Waals surface area contributed by atoms with Crippen LogP contribution in [-0.4, -0.2) is 43.8 Å². The Morgan fingerprint density at radius 3 is 2.52 bits per heavy atom. The van der Waals surface area contributed by atoms with Crippen LogP contribution in [0.1, 0.15) is 49.3 Å². The van der Waals surface area contributed by atoms with Crippen LogP contribution in [0.25, 0.3) is 11.1 Å². The van der Waals surface area contributed by atoms with Crippen LogP contribution in [0.15, 0.2) is 36.4 Å². The summed E-state index contributed by atoms with van der Waals surface area (Å²) < 4.78 is 25.2. The molecule has 6 heteroatoms. The topological polar surface area (TPSA) is 50.8 Å². The molecule has 1 saturated carbocycles. The third-order valence-electron chi connectivity index (χ3n) is 8.45. The van der Waals surface area contributed by atoms with Crippen LogP contribution in [-0.2, 0) is 11.2 Å². The second-order valence-electron chi connectivity index (χ2n) is 10.3. The lowest BCUT2D eigenvalue weighted by atomic mass is 9.76. The van der Waals surface area contributed by atoms with Crippen molar-refractivity contribution in [3.63, 3.8) is 0 Å². The number of hydrogen-bond acceptors (Lipinski definition) is 4. The summed E-state index contributed by atoms with van der Waals surface area (Å²) >= 11 is 0. The van der Waals surface area contributed by atoms with Gasteiger partial charge in [-0.05, 0) is 97.3 Å². The third kappa shape index (κ3) is 3.78. The number of methoxy groups -OCH3 is 1. The number of aryl methyl sites for hydroxylation is 1. The van der Waals surface area contributed by atoms with Crippen molar-refractivity contribution >= 4 is 6.09 Å². The molecule has 7 rings (SSSR count). The Bertz CT molecular complexity index is 1080. The Hall–Kier alpha value is -2.60. The Morgan fingerprint density at radius 1 is 1.09 bits per heavy atom. The van der Waals surface area contributed by atoms with Gasteiger partial charge in [0.1, 0.15) is 6.10 Å². The molecule has 1 amide bonds. The molecule has 174 valence electrons. The van der Waals surface area contributed by atoms with Crippen molar-refractivity contribution in [1.29, 1.82) is 0 Å². The predicted octanol–water partition coefficient (Wildman–Crippen LogP) is 5.09. The summed E-state index contributed by atoms with van der Waals surface area (Å²) in [7, 11) is 1.47. The minimum atomic E-state index is -0.361. The number of benzene rings is 2. The smallest absolute Gasteiger partial charge is 0.407 e. The molecule has 3 aliphatic heterocycles. The Kier molecular flexibility index (Phi) is 5.09. The van der Waals surface area contributed by atoms with Gasteiger partial charge < -0.3 is 14.8 Å². The number of rotatable bonds is 4. The van der Waals surface area contributed by atoms with E-state index >= 15 is 0 Å². The number of ether oxygens (including phenoxy) is 2. The van der Waals surface area contributed by atoms with Gasteiger partial charge in [-0.2, -0.15) is 0 Å². The van der Waals surface area contributed by atoms with Crippen LogP contribution >= 0.6 is 0 Å². The second-order valence-corrected chi connectivity index (χ2v) is 10.3. The first kappa shape index (κ1) is 21.0. The van der Waals surface area contributed by atoms with E-state index < -0.39 is 0 Å². The van der Waals surface area contributed by atoms with Crippen molar-refractivity contribution in [2.75, 3.05) is 26.7 Å². The largest absolute Gasteiger partial charge is 0.494 e. The molecule has 1 spiro atoms. The van der Waals surface area contributed by atoms with E-state index in [1.54, 1.807) is 6.07 Å². The van der Waals surface area contributed by atoms with Gasteiger partial charge in [0, 0.05) is 6.54 Å². The fraction of sp³-hybridized carbons (Fsp3) is 0.519. The molecule has 1 unspecified atom stereocenters. The number of carbonyl (C=O) groups excluding carboxylic acids is 1. The van der Waals surface area contributed by atoms with Crippen molar-refractivity contribution < 1.29 is 18.7 Å². The predicted molar refractivity (Wildman–Crippen MR) is 124 cm³/mol. The summed E-state index contributed by atoms with van der Waals surface area (Å²) in [6.07, 6.45) is 6.31. The molecule has 33 heavy (non-hydrogen) atoms. The lowest BCUT2D eigenvalue weighted by Crippen LogP contribution is -2.53. The van der Waals surface area contributed by atoms with E-state index in [2.05, 4.69) is 22.3 Å². The van der Waals surface area contributed by atoms with Crippen molar-refractivity contribution in [3.8, 4) is 16.9 Å². The number of piperidine rings is 3. The number of fused-ring (bicyclic) bond motifs is 4. The molecule has 2 aliphatic carbocycles. The van der Waals surface area contributed by atoms with Gasteiger partial charge in [-0.1, -0.05) is 24.3 Å². The molecule has 2 bridgehead atoms. The van der Waals surface area contributed by atoms with Crippen LogP contribution in [0.2, 0.25) is 0 Å². The Balaban J connectivity index is 1.22. The van der Waals surface area contributed by atoms with Gasteiger partial charge in [0.05, 0.1) is 13.2 Å². The van der Waals surface area contributed by atoms with Crippen LogP contribution in [0, 0.1) is 17.2 Å². The Morgan fingerprint density at radius 2 is 1.85 bits per heavy atom. The normalized spacial score (nSPS) is 28.8. The maximum Gasteiger partial charge on any atom is 0.407 e. The van der Waals surface area contributed by atoms with E-state index in [1.807, 2.05) is 12.1 Å². The highest BCUT2D eigenvalue weighted by Crippen LogP contribution is 2.61. The molecule has 2 aromatic carbocycles. The summed E-state index contributed by atoms with van der Waals surface area (Å²) in [5.74, 6) is 0.388. The molecular formula is C27H31FN2O3. The van der Waals surface area contributed by atoms with E-state index in [-0.39, 0.29) is 35.2 Å². The zero-order chi connectivity index (χ0) is 22.6. The summed E-state index contributed by atoms with van der Waals surface area (Å²) in [5.41, 5.74) is 4.39. The molecule has 5 aliphatic rings. The van der Waals surface area contributed by atoms with Gasteiger partial charge in [-0.25, -0.2) is 9.18 Å². The standard InChI is InChI=1S/C27H31FN2O3/c1-32-23-5-3-19(15-22(23)28)18-2-4-21-20(14-18)6-9-27(10-11-27)25(21)29-26(31)33-24-16-30-12-7-17(24)8-13-30/h2-5,14-15,17,24-25H,6-13,16H2,1H3,(H,29,31)/t24-,25?/m0/s1. The highest BCUT2D eigenvalue weighted by Gasteiger charge is 2.53. The number of nitrogens with one attached hydrogen (secondary N) is 1. The number of alkyl carbamates (subject to hydrolysis) is 1. The second kappa shape index (κ2) is 8.01. The van der Waals surface area contributed by atoms with Gasteiger partial charge in [0.2, 0.25) is 0 Å². The molecule has 3 heterocycles. The number of nitrogens with zero attached hydrogens (tertiary/aromatic N) is 1. The van der Waals surface area contributed by atoms with E-state index in [0.29, 0.717) is 5.92 Å². The molecule has 0 aromatic heterocycles. The van der Waals surface area contributed by atoms with E-state index in [0.717, 1.165) is 69.3 Å². The zero-order valence-electron chi connectivity index (χ0n) is 19.1. The Labute approximate surface area is 194 Å². The fourth-order valence-corrected chi connectivity index (χ4v) is 6.25. The monoisotopic (exact) mass is 450 g/mol. The SMILES string of the molecule is COc1ccc(-c2ccc3c(c2)CCC2(CC2)C3NC(=O)O[C@H]2CN3CCC2CC3)cc1F. The number of amides is 1. The lowest BCUT2D eigenvalue weighted by Gasteiger charge is -2.44. The van der Waals surface area contributed by atoms with Gasteiger partial charge in [0.25, 0.3) is 0 Å². The average Bonchev–Trinajstić information content (AvgIpc) is 3.62. The van der Waals surface area contributed by atoms with E-state index in [1.165, 1.54) is 24.3 Å². The third-order valence-corrected chi connectivity index (χ3v) is 8.45. The van der Waals surface area contributed by atoms with Gasteiger partial charge in [0.15, 0.2) is 11.6 Å². The first-order valence-electron chi connectivity index (χ1n) is 12.2. The highest BCUT2D eigenvalue weighted by atomic mass is 19.1. The summed E-state index contributed by atoms with van der Waals surface area (Å²) in [6, 6.07) is 11.4. The van der Waals surface area contributed by atoms with E-state index in [4.69, 9.17) is 9.47 Å². The first-order valence-corrected chi connectivity index (χ1v) is 12.2. The molecule has 5 nitrogen and oxygen atoms in total. The summed E-state index contributed by atoms with van der Waals surface area (Å²) in [5, 5.41) is 3.26. The first-order chi connectivity index (χ1) is 16.0. The van der Waals surface area contributed by atoms with Gasteiger partial charge in [-0.15, -0.1) is 0 Å². The fourth-order valence-electron chi connectivity index (χ4n) is 6.25. The molecular weight excluding hydrogens is 419 g/mol. The quantitative estimate of drug-likeness (QED) is 0.705. The molecule has 4 fully saturated rings. The maximum atomic E-state index is 14.2.